The van der Waals surface area contributed by atoms with Crippen molar-refractivity contribution in [1.29, 1.82) is 0 Å². The number of likely N-dealkylation sites (tertiary alicyclic amines) is 1. The number of halogens is 1. The number of rotatable bonds is 3. The van der Waals surface area contributed by atoms with Crippen LogP contribution < -0.4 is 4.90 Å². The molecule has 2 saturated heterocycles. The Morgan fingerprint density at radius 1 is 1.10 bits per heavy atom. The number of carbonyl (C=O) groups is 2. The summed E-state index contributed by atoms with van der Waals surface area (Å²) in [6.07, 6.45) is 2.56. The van der Waals surface area contributed by atoms with E-state index in [0.29, 0.717) is 30.4 Å². The molecule has 31 heavy (non-hydrogen) atoms. The monoisotopic (exact) mass is 440 g/mol. The van der Waals surface area contributed by atoms with Crippen LogP contribution in [0.2, 0.25) is 5.02 Å². The van der Waals surface area contributed by atoms with Crippen molar-refractivity contribution < 1.29 is 9.59 Å². The molecular weight excluding hydrogens is 416 g/mol. The van der Waals surface area contributed by atoms with E-state index in [1.807, 2.05) is 34.9 Å². The molecule has 2 aromatic rings. The fourth-order valence-corrected chi connectivity index (χ4v) is 5.40. The average Bonchev–Trinajstić information content (AvgIpc) is 3.49. The highest BCUT2D eigenvalue weighted by Crippen LogP contribution is 2.44. The first-order valence-corrected chi connectivity index (χ1v) is 11.4. The Bertz CT molecular complexity index is 1080. The summed E-state index contributed by atoms with van der Waals surface area (Å²) in [6.45, 7) is 6.26. The zero-order valence-corrected chi connectivity index (χ0v) is 18.3. The van der Waals surface area contributed by atoms with Crippen LogP contribution in [0.3, 0.4) is 0 Å². The van der Waals surface area contributed by atoms with Gasteiger partial charge in [0.05, 0.1) is 12.2 Å². The normalized spacial score (nSPS) is 21.2. The van der Waals surface area contributed by atoms with Crippen LogP contribution in [0.1, 0.15) is 37.6 Å². The Balaban J connectivity index is 1.27. The molecule has 162 valence electrons. The van der Waals surface area contributed by atoms with Gasteiger partial charge in [-0.2, -0.15) is 0 Å². The highest BCUT2D eigenvalue weighted by Gasteiger charge is 2.55. The van der Waals surface area contributed by atoms with Crippen LogP contribution in [-0.4, -0.2) is 62.6 Å². The van der Waals surface area contributed by atoms with E-state index < -0.39 is 0 Å². The number of aromatic nitrogens is 3. The van der Waals surface area contributed by atoms with Crippen LogP contribution >= 0.6 is 11.6 Å². The van der Waals surface area contributed by atoms with Crippen LogP contribution in [0.5, 0.6) is 0 Å². The zero-order chi connectivity index (χ0) is 21.3. The largest absolute Gasteiger partial charge is 0.341 e. The molecule has 1 aliphatic carbocycles. The molecule has 3 aliphatic heterocycles. The molecule has 2 amide bonds. The Labute approximate surface area is 185 Å². The number of anilines is 1. The molecule has 1 aromatic carbocycles. The Kier molecular flexibility index (Phi) is 4.12. The van der Waals surface area contributed by atoms with Crippen LogP contribution in [0.15, 0.2) is 18.2 Å². The van der Waals surface area contributed by atoms with Gasteiger partial charge in [0, 0.05) is 55.5 Å². The predicted octanol–water partition coefficient (Wildman–Crippen LogP) is 2.23. The van der Waals surface area contributed by atoms with Crippen molar-refractivity contribution in [1.82, 2.24) is 24.6 Å². The Morgan fingerprint density at radius 3 is 2.58 bits per heavy atom. The van der Waals surface area contributed by atoms with Crippen molar-refractivity contribution >= 4 is 29.4 Å². The molecule has 1 saturated carbocycles. The van der Waals surface area contributed by atoms with Gasteiger partial charge in [-0.1, -0.05) is 18.5 Å². The second kappa shape index (κ2) is 6.69. The third kappa shape index (κ3) is 3.03. The average molecular weight is 441 g/mol. The number of hydrogen-bond donors (Lipinski definition) is 0. The molecule has 4 heterocycles. The summed E-state index contributed by atoms with van der Waals surface area (Å²) < 4.78 is 2.08. The Hall–Kier alpha value is -2.61. The van der Waals surface area contributed by atoms with Crippen molar-refractivity contribution in [2.75, 3.05) is 31.1 Å². The van der Waals surface area contributed by atoms with Gasteiger partial charge in [0.25, 0.3) is 0 Å². The van der Waals surface area contributed by atoms with Gasteiger partial charge in [0.1, 0.15) is 0 Å². The number of amides is 2. The SMILES string of the molecule is CCC(=O)N1Cc2cc(Cl)ccc2-n2c(nnc2N2CC3(CN(C(=O)C4CC4)C3)C2)C1. The lowest BCUT2D eigenvalue weighted by Crippen LogP contribution is -2.73. The van der Waals surface area contributed by atoms with Crippen molar-refractivity contribution in [2.45, 2.75) is 39.3 Å². The first-order chi connectivity index (χ1) is 15.0. The van der Waals surface area contributed by atoms with Gasteiger partial charge in [-0.3, -0.25) is 14.2 Å². The molecule has 6 rings (SSSR count). The van der Waals surface area contributed by atoms with Gasteiger partial charge < -0.3 is 14.7 Å². The molecule has 1 spiro atoms. The van der Waals surface area contributed by atoms with Crippen LogP contribution in [0.25, 0.3) is 5.69 Å². The molecule has 0 atom stereocenters. The van der Waals surface area contributed by atoms with Crippen LogP contribution in [0, 0.1) is 11.3 Å². The van der Waals surface area contributed by atoms with Crippen LogP contribution in [-0.2, 0) is 22.7 Å². The summed E-state index contributed by atoms with van der Waals surface area (Å²) in [5.74, 6) is 2.28. The maximum atomic E-state index is 12.5. The highest BCUT2D eigenvalue weighted by molar-refractivity contribution is 6.30. The number of carbonyl (C=O) groups excluding carboxylic acids is 2. The number of hydrogen-bond acceptors (Lipinski definition) is 5. The lowest BCUT2D eigenvalue weighted by Gasteiger charge is -2.60. The summed E-state index contributed by atoms with van der Waals surface area (Å²) in [7, 11) is 0. The minimum atomic E-state index is 0.0849. The predicted molar refractivity (Wildman–Crippen MR) is 115 cm³/mol. The molecule has 8 nitrogen and oxygen atoms in total. The van der Waals surface area contributed by atoms with Gasteiger partial charge in [0.15, 0.2) is 5.82 Å². The topological polar surface area (TPSA) is 74.6 Å². The van der Waals surface area contributed by atoms with E-state index in [1.165, 1.54) is 0 Å². The number of nitrogens with zero attached hydrogens (tertiary/aromatic N) is 6. The van der Waals surface area contributed by atoms with Crippen molar-refractivity contribution in [3.05, 3.63) is 34.6 Å². The second-order valence-corrected chi connectivity index (χ2v) is 9.89. The molecule has 0 N–H and O–H groups in total. The third-order valence-corrected chi connectivity index (χ3v) is 7.21. The smallest absolute Gasteiger partial charge is 0.232 e. The maximum Gasteiger partial charge on any atom is 0.232 e. The number of benzene rings is 1. The maximum absolute atomic E-state index is 12.5. The van der Waals surface area contributed by atoms with E-state index in [-0.39, 0.29) is 17.2 Å². The van der Waals surface area contributed by atoms with E-state index in [9.17, 15) is 9.59 Å². The van der Waals surface area contributed by atoms with E-state index in [0.717, 1.165) is 62.0 Å². The van der Waals surface area contributed by atoms with E-state index in [2.05, 4.69) is 19.7 Å². The molecule has 0 radical (unpaired) electrons. The van der Waals surface area contributed by atoms with Crippen molar-refractivity contribution in [3.8, 4) is 5.69 Å². The molecule has 3 fully saturated rings. The van der Waals surface area contributed by atoms with Crippen LogP contribution in [0.4, 0.5) is 5.95 Å². The summed E-state index contributed by atoms with van der Waals surface area (Å²) in [4.78, 5) is 30.8. The molecule has 4 aliphatic rings. The minimum absolute atomic E-state index is 0.0849. The highest BCUT2D eigenvalue weighted by atomic mass is 35.5. The van der Waals surface area contributed by atoms with Crippen molar-refractivity contribution in [3.63, 3.8) is 0 Å². The first-order valence-electron chi connectivity index (χ1n) is 11.0. The fourth-order valence-electron chi connectivity index (χ4n) is 5.20. The minimum Gasteiger partial charge on any atom is -0.341 e. The number of fused-ring (bicyclic) bond motifs is 3. The summed E-state index contributed by atoms with van der Waals surface area (Å²) in [5.41, 5.74) is 2.16. The lowest BCUT2D eigenvalue weighted by molar-refractivity contribution is -0.146. The van der Waals surface area contributed by atoms with E-state index in [4.69, 9.17) is 11.6 Å². The molecular formula is C22H25ClN6O2. The molecule has 0 bridgehead atoms. The zero-order valence-electron chi connectivity index (χ0n) is 17.6. The lowest BCUT2D eigenvalue weighted by atomic mass is 9.73. The molecule has 1 aromatic heterocycles. The standard InChI is InChI=1S/C22H25ClN6O2/c1-2-19(30)26-8-15-7-16(23)5-6-17(15)29-18(9-26)24-25-21(29)28-12-22(13-28)10-27(11-22)20(31)14-3-4-14/h5-7,14H,2-4,8-13H2,1H3. The summed E-state index contributed by atoms with van der Waals surface area (Å²) >= 11 is 6.28. The molecule has 0 unspecified atom stereocenters. The van der Waals surface area contributed by atoms with Crippen molar-refractivity contribution in [2.24, 2.45) is 11.3 Å². The molecule has 9 heteroatoms. The Morgan fingerprint density at radius 2 is 1.87 bits per heavy atom. The van der Waals surface area contributed by atoms with E-state index in [1.54, 1.807) is 0 Å². The van der Waals surface area contributed by atoms with Gasteiger partial charge >= 0.3 is 0 Å². The van der Waals surface area contributed by atoms with Gasteiger partial charge in [-0.05, 0) is 36.6 Å². The summed E-state index contributed by atoms with van der Waals surface area (Å²) in [5, 5.41) is 9.61. The van der Waals surface area contributed by atoms with Gasteiger partial charge in [0.2, 0.25) is 17.8 Å². The van der Waals surface area contributed by atoms with Gasteiger partial charge in [-0.25, -0.2) is 0 Å². The van der Waals surface area contributed by atoms with E-state index >= 15 is 0 Å². The third-order valence-electron chi connectivity index (χ3n) is 6.97. The second-order valence-electron chi connectivity index (χ2n) is 9.45. The first kappa shape index (κ1) is 19.1. The summed E-state index contributed by atoms with van der Waals surface area (Å²) in [6, 6.07) is 5.79. The fraction of sp³-hybridized carbons (Fsp3) is 0.545. The quantitative estimate of drug-likeness (QED) is 0.731. The van der Waals surface area contributed by atoms with Gasteiger partial charge in [-0.15, -0.1) is 10.2 Å².